The summed E-state index contributed by atoms with van der Waals surface area (Å²) >= 11 is 6.15. The lowest BCUT2D eigenvalue weighted by molar-refractivity contribution is 0.230. The van der Waals surface area contributed by atoms with Gasteiger partial charge >= 0.3 is 0 Å². The number of hydrogen-bond acceptors (Lipinski definition) is 3. The van der Waals surface area contributed by atoms with Gasteiger partial charge in [-0.15, -0.1) is 0 Å². The number of nitrogens with one attached hydrogen (secondary N) is 1. The summed E-state index contributed by atoms with van der Waals surface area (Å²) in [4.78, 5) is 2.30. The van der Waals surface area contributed by atoms with E-state index in [2.05, 4.69) is 10.2 Å². The molecule has 1 aromatic carbocycles. The van der Waals surface area contributed by atoms with Crippen molar-refractivity contribution in [1.29, 1.82) is 0 Å². The summed E-state index contributed by atoms with van der Waals surface area (Å²) in [6, 6.07) is 3.67. The van der Waals surface area contributed by atoms with Crippen molar-refractivity contribution in [2.24, 2.45) is 0 Å². The lowest BCUT2D eigenvalue weighted by Crippen LogP contribution is -2.42. The number of halogens is 1. The third kappa shape index (κ3) is 2.67. The zero-order valence-electron chi connectivity index (χ0n) is 9.46. The second-order valence-electron chi connectivity index (χ2n) is 4.27. The molecule has 0 atom stereocenters. The Bertz CT molecular complexity index is 352. The number of benzene rings is 1. The summed E-state index contributed by atoms with van der Waals surface area (Å²) in [6.45, 7) is 6.68. The molecule has 0 radical (unpaired) electrons. The Kier molecular flexibility index (Phi) is 3.69. The third-order valence-corrected chi connectivity index (χ3v) is 3.24. The molecule has 1 aromatic rings. The minimum Gasteiger partial charge on any atom is -0.508 e. The van der Waals surface area contributed by atoms with Crippen molar-refractivity contribution in [3.05, 3.63) is 28.3 Å². The second kappa shape index (κ2) is 5.04. The predicted molar refractivity (Wildman–Crippen MR) is 66.0 cm³/mol. The van der Waals surface area contributed by atoms with Gasteiger partial charge in [0.05, 0.1) is 0 Å². The normalized spacial score (nSPS) is 17.6. The van der Waals surface area contributed by atoms with E-state index in [1.54, 1.807) is 6.07 Å². The van der Waals surface area contributed by atoms with Gasteiger partial charge in [-0.25, -0.2) is 0 Å². The maximum atomic E-state index is 9.88. The van der Waals surface area contributed by atoms with E-state index >= 15 is 0 Å². The van der Waals surface area contributed by atoms with Crippen LogP contribution in [0.4, 0.5) is 0 Å². The maximum Gasteiger partial charge on any atom is 0.121 e. The molecule has 0 amide bonds. The molecule has 0 aromatic heterocycles. The van der Waals surface area contributed by atoms with Crippen molar-refractivity contribution in [3.8, 4) is 5.75 Å². The molecule has 88 valence electrons. The molecule has 0 aliphatic carbocycles. The minimum absolute atomic E-state index is 0.309. The summed E-state index contributed by atoms with van der Waals surface area (Å²) in [7, 11) is 0. The average Bonchev–Trinajstić information content (AvgIpc) is 2.25. The standard InChI is InChI=1S/C12H17ClN2O/c1-9-6-11(13)10(12(16)7-9)8-15-4-2-14-3-5-15/h6-7,14,16H,2-5,8H2,1H3. The average molecular weight is 241 g/mol. The van der Waals surface area contributed by atoms with Gasteiger partial charge in [0, 0.05) is 43.3 Å². The maximum absolute atomic E-state index is 9.88. The molecule has 2 rings (SSSR count). The highest BCUT2D eigenvalue weighted by molar-refractivity contribution is 6.31. The van der Waals surface area contributed by atoms with Crippen LogP contribution in [0.2, 0.25) is 5.02 Å². The monoisotopic (exact) mass is 240 g/mol. The molecule has 1 aliphatic rings. The van der Waals surface area contributed by atoms with Gasteiger partial charge in [0.15, 0.2) is 0 Å². The van der Waals surface area contributed by atoms with Crippen LogP contribution in [0.25, 0.3) is 0 Å². The summed E-state index contributed by atoms with van der Waals surface area (Å²) in [5.41, 5.74) is 1.83. The van der Waals surface area contributed by atoms with E-state index < -0.39 is 0 Å². The molecular formula is C12H17ClN2O. The molecule has 16 heavy (non-hydrogen) atoms. The topological polar surface area (TPSA) is 35.5 Å². The zero-order chi connectivity index (χ0) is 11.5. The first-order valence-corrected chi connectivity index (χ1v) is 5.95. The van der Waals surface area contributed by atoms with Gasteiger partial charge in [0.25, 0.3) is 0 Å². The molecule has 1 fully saturated rings. The van der Waals surface area contributed by atoms with Crippen molar-refractivity contribution < 1.29 is 5.11 Å². The summed E-state index contributed by atoms with van der Waals surface area (Å²) in [5, 5.41) is 13.8. The largest absolute Gasteiger partial charge is 0.508 e. The van der Waals surface area contributed by atoms with E-state index in [1.165, 1.54) is 0 Å². The number of piperazine rings is 1. The fourth-order valence-corrected chi connectivity index (χ4v) is 2.33. The molecule has 0 saturated carbocycles. The van der Waals surface area contributed by atoms with Crippen LogP contribution in [-0.4, -0.2) is 36.2 Å². The molecule has 1 aliphatic heterocycles. The van der Waals surface area contributed by atoms with Crippen LogP contribution in [0.1, 0.15) is 11.1 Å². The van der Waals surface area contributed by atoms with Crippen LogP contribution >= 0.6 is 11.6 Å². The molecule has 2 N–H and O–H groups in total. The molecule has 1 heterocycles. The van der Waals surface area contributed by atoms with Gasteiger partial charge in [-0.1, -0.05) is 11.6 Å². The highest BCUT2D eigenvalue weighted by Gasteiger charge is 2.14. The van der Waals surface area contributed by atoms with Gasteiger partial charge in [0.1, 0.15) is 5.75 Å². The second-order valence-corrected chi connectivity index (χ2v) is 4.68. The number of phenolic OH excluding ortho intramolecular Hbond substituents is 1. The van der Waals surface area contributed by atoms with Crippen LogP contribution in [0.5, 0.6) is 5.75 Å². The first kappa shape index (κ1) is 11.7. The molecule has 0 spiro atoms. The Morgan fingerprint density at radius 3 is 2.69 bits per heavy atom. The molecule has 4 heteroatoms. The van der Waals surface area contributed by atoms with Crippen molar-refractivity contribution in [2.45, 2.75) is 13.5 Å². The van der Waals surface area contributed by atoms with Crippen LogP contribution in [0, 0.1) is 6.92 Å². The van der Waals surface area contributed by atoms with Crippen molar-refractivity contribution in [3.63, 3.8) is 0 Å². The fourth-order valence-electron chi connectivity index (χ4n) is 2.00. The minimum atomic E-state index is 0.309. The van der Waals surface area contributed by atoms with Gasteiger partial charge in [0.2, 0.25) is 0 Å². The number of rotatable bonds is 2. The lowest BCUT2D eigenvalue weighted by Gasteiger charge is -2.27. The van der Waals surface area contributed by atoms with Gasteiger partial charge in [-0.2, -0.15) is 0 Å². The zero-order valence-corrected chi connectivity index (χ0v) is 10.2. The first-order chi connectivity index (χ1) is 7.66. The highest BCUT2D eigenvalue weighted by Crippen LogP contribution is 2.28. The van der Waals surface area contributed by atoms with E-state index in [-0.39, 0.29) is 0 Å². The number of hydrogen-bond donors (Lipinski definition) is 2. The van der Waals surface area contributed by atoms with Crippen molar-refractivity contribution in [1.82, 2.24) is 10.2 Å². The first-order valence-electron chi connectivity index (χ1n) is 5.58. The Morgan fingerprint density at radius 1 is 1.38 bits per heavy atom. The summed E-state index contributed by atoms with van der Waals surface area (Å²) in [5.74, 6) is 0.309. The van der Waals surface area contributed by atoms with E-state index in [9.17, 15) is 5.11 Å². The molecule has 0 bridgehead atoms. The van der Waals surface area contributed by atoms with Crippen LogP contribution in [0.3, 0.4) is 0 Å². The SMILES string of the molecule is Cc1cc(O)c(CN2CCNCC2)c(Cl)c1. The number of phenols is 1. The van der Waals surface area contributed by atoms with E-state index in [0.717, 1.165) is 43.9 Å². The summed E-state index contributed by atoms with van der Waals surface area (Å²) < 4.78 is 0. The van der Waals surface area contributed by atoms with Crippen molar-refractivity contribution >= 4 is 11.6 Å². The Hall–Kier alpha value is -0.770. The fraction of sp³-hybridized carbons (Fsp3) is 0.500. The van der Waals surface area contributed by atoms with Gasteiger partial charge in [-0.05, 0) is 24.6 Å². The van der Waals surface area contributed by atoms with E-state index in [0.29, 0.717) is 10.8 Å². The Labute approximate surface area is 101 Å². The molecular weight excluding hydrogens is 224 g/mol. The van der Waals surface area contributed by atoms with Crippen LogP contribution in [0.15, 0.2) is 12.1 Å². The molecule has 0 unspecified atom stereocenters. The van der Waals surface area contributed by atoms with Crippen LogP contribution < -0.4 is 5.32 Å². The Balaban J connectivity index is 2.14. The smallest absolute Gasteiger partial charge is 0.121 e. The van der Waals surface area contributed by atoms with Gasteiger partial charge < -0.3 is 10.4 Å². The lowest BCUT2D eigenvalue weighted by atomic mass is 10.1. The molecule has 3 nitrogen and oxygen atoms in total. The van der Waals surface area contributed by atoms with E-state index in [1.807, 2.05) is 13.0 Å². The van der Waals surface area contributed by atoms with E-state index in [4.69, 9.17) is 11.6 Å². The number of aromatic hydroxyl groups is 1. The third-order valence-electron chi connectivity index (χ3n) is 2.91. The van der Waals surface area contributed by atoms with Gasteiger partial charge in [-0.3, -0.25) is 4.90 Å². The highest BCUT2D eigenvalue weighted by atomic mass is 35.5. The molecule has 1 saturated heterocycles. The Morgan fingerprint density at radius 2 is 2.06 bits per heavy atom. The number of aryl methyl sites for hydroxylation is 1. The summed E-state index contributed by atoms with van der Waals surface area (Å²) in [6.07, 6.45) is 0. The van der Waals surface area contributed by atoms with Crippen molar-refractivity contribution in [2.75, 3.05) is 26.2 Å². The number of nitrogens with zero attached hydrogens (tertiary/aromatic N) is 1. The quantitative estimate of drug-likeness (QED) is 0.827. The van der Waals surface area contributed by atoms with Crippen LogP contribution in [-0.2, 0) is 6.54 Å². The predicted octanol–water partition coefficient (Wildman–Crippen LogP) is 1.76.